The molecule has 0 radical (unpaired) electrons. The molecule has 0 saturated carbocycles. The van der Waals surface area contributed by atoms with E-state index in [1.165, 1.54) is 0 Å². The van der Waals surface area contributed by atoms with E-state index in [1.54, 1.807) is 0 Å². The maximum Gasteiger partial charge on any atom is 0.187 e. The number of ether oxygens (including phenoxy) is 1. The average Bonchev–Trinajstić information content (AvgIpc) is 3.04. The standard InChI is InChI=1S/C24H22F2N6O/c1-13-20-15(10-18(27-13)32-11-24(12-32)6-8-33-9-7-24)22-21(14(2)30-31-22)29-23(28-20)19-16(25)4-3-5-17(19)26/h4,10H,6-9,11-12H2,1-2H3,(H,28,29)(H,30,31). The number of fused-ring (bicyclic) bond motifs is 3. The Morgan fingerprint density at radius 1 is 1.18 bits per heavy atom. The van der Waals surface area contributed by atoms with Gasteiger partial charge < -0.3 is 15.0 Å². The van der Waals surface area contributed by atoms with E-state index in [0.717, 1.165) is 62.3 Å². The molecule has 0 atom stereocenters. The maximum atomic E-state index is 14.6. The second-order valence-electron chi connectivity index (χ2n) is 9.04. The quantitative estimate of drug-likeness (QED) is 0.659. The van der Waals surface area contributed by atoms with Crippen molar-refractivity contribution in [2.24, 2.45) is 10.4 Å². The summed E-state index contributed by atoms with van der Waals surface area (Å²) in [5.41, 5.74) is 8.59. The van der Waals surface area contributed by atoms with E-state index < -0.39 is 11.7 Å². The molecular formula is C24H22F2N6O. The highest BCUT2D eigenvalue weighted by molar-refractivity contribution is 6.15. The molecule has 2 aromatic rings. The Labute approximate surface area is 189 Å². The third-order valence-corrected chi connectivity index (χ3v) is 6.83. The first-order chi connectivity index (χ1) is 15.9. The van der Waals surface area contributed by atoms with Gasteiger partial charge >= 0.3 is 0 Å². The Hall–Kier alpha value is -3.51. The van der Waals surface area contributed by atoms with Crippen molar-refractivity contribution in [1.29, 1.82) is 0 Å². The third-order valence-electron chi connectivity index (χ3n) is 6.83. The molecule has 9 heteroatoms. The van der Waals surface area contributed by atoms with Crippen molar-refractivity contribution in [3.8, 4) is 11.3 Å². The lowest BCUT2D eigenvalue weighted by Crippen LogP contribution is -2.58. The topological polar surface area (TPSA) is 78.4 Å². The zero-order chi connectivity index (χ0) is 22.7. The van der Waals surface area contributed by atoms with Crippen LogP contribution in [0.15, 0.2) is 45.8 Å². The molecule has 6 rings (SSSR count). The lowest BCUT2D eigenvalue weighted by atomic mass is 9.73. The summed E-state index contributed by atoms with van der Waals surface area (Å²) in [4.78, 5) is 11.7. The van der Waals surface area contributed by atoms with Gasteiger partial charge in [-0.05, 0) is 38.5 Å². The fourth-order valence-corrected chi connectivity index (χ4v) is 4.95. The highest BCUT2D eigenvalue weighted by Gasteiger charge is 2.44. The van der Waals surface area contributed by atoms with E-state index in [-0.39, 0.29) is 11.4 Å². The second-order valence-corrected chi connectivity index (χ2v) is 9.04. The van der Waals surface area contributed by atoms with E-state index in [1.807, 2.05) is 19.9 Å². The monoisotopic (exact) mass is 448 g/mol. The Morgan fingerprint density at radius 3 is 2.73 bits per heavy atom. The van der Waals surface area contributed by atoms with E-state index in [4.69, 9.17) is 9.72 Å². The van der Waals surface area contributed by atoms with Crippen molar-refractivity contribution < 1.29 is 13.5 Å². The van der Waals surface area contributed by atoms with Crippen LogP contribution in [0.4, 0.5) is 26.0 Å². The van der Waals surface area contributed by atoms with Crippen LogP contribution < -0.4 is 10.2 Å². The number of hydrogen-bond donors (Lipinski definition) is 2. The van der Waals surface area contributed by atoms with Gasteiger partial charge in [-0.1, -0.05) is 5.73 Å². The molecule has 1 aliphatic carbocycles. The minimum absolute atomic E-state index is 0.0440. The fraction of sp³-hybridized carbons (Fsp3) is 0.375. The summed E-state index contributed by atoms with van der Waals surface area (Å²) in [6.45, 7) is 7.20. The smallest absolute Gasteiger partial charge is 0.187 e. The number of aromatic nitrogens is 3. The largest absolute Gasteiger partial charge is 0.381 e. The van der Waals surface area contributed by atoms with Gasteiger partial charge in [-0.3, -0.25) is 5.10 Å². The van der Waals surface area contributed by atoms with Crippen molar-refractivity contribution in [1.82, 2.24) is 15.2 Å². The first-order valence-electron chi connectivity index (χ1n) is 11.0. The number of nitrogens with zero attached hydrogens (tertiary/aromatic N) is 4. The number of pyridine rings is 1. The Bertz CT molecular complexity index is 1340. The normalized spacial score (nSPS) is 20.5. The molecule has 4 aliphatic rings. The number of aliphatic imine (C=N–C) groups is 1. The predicted octanol–water partition coefficient (Wildman–Crippen LogP) is 4.56. The van der Waals surface area contributed by atoms with Crippen molar-refractivity contribution >= 4 is 23.0 Å². The SMILES string of the molecule is Cc1nc(N2CC3(CCOCC3)C2)cc2c1N=C(C1=C(F)C=C=C=C1F)Nc1c-2n[nH]c1C. The number of hydrogen-bond acceptors (Lipinski definition) is 6. The van der Waals surface area contributed by atoms with Gasteiger partial charge in [0.25, 0.3) is 0 Å². The first kappa shape index (κ1) is 20.1. The van der Waals surface area contributed by atoms with Gasteiger partial charge in [-0.2, -0.15) is 9.49 Å². The summed E-state index contributed by atoms with van der Waals surface area (Å²) in [6, 6.07) is 1.97. The molecular weight excluding hydrogens is 426 g/mol. The van der Waals surface area contributed by atoms with Gasteiger partial charge in [0.1, 0.15) is 23.2 Å². The molecule has 1 spiro atoms. The molecule has 2 saturated heterocycles. The van der Waals surface area contributed by atoms with Crippen molar-refractivity contribution in [2.45, 2.75) is 26.7 Å². The summed E-state index contributed by atoms with van der Waals surface area (Å²) in [6.07, 6.45) is 3.18. The number of H-pyrrole nitrogens is 1. The average molecular weight is 448 g/mol. The van der Waals surface area contributed by atoms with Crippen LogP contribution in [-0.4, -0.2) is 47.3 Å². The van der Waals surface area contributed by atoms with E-state index in [2.05, 4.69) is 36.9 Å². The molecule has 3 aliphatic heterocycles. The van der Waals surface area contributed by atoms with Crippen LogP contribution in [-0.2, 0) is 4.74 Å². The van der Waals surface area contributed by atoms with Crippen LogP contribution in [0, 0.1) is 19.3 Å². The van der Waals surface area contributed by atoms with Crippen LogP contribution in [0.1, 0.15) is 24.2 Å². The first-order valence-corrected chi connectivity index (χ1v) is 11.0. The Balaban J connectivity index is 1.45. The van der Waals surface area contributed by atoms with Gasteiger partial charge in [0.15, 0.2) is 5.83 Å². The number of allylic oxidation sites excluding steroid dienone is 2. The van der Waals surface area contributed by atoms with Gasteiger partial charge in [-0.15, -0.1) is 0 Å². The Kier molecular flexibility index (Phi) is 4.42. The number of aryl methyl sites for hydroxylation is 2. The zero-order valence-electron chi connectivity index (χ0n) is 18.4. The molecule has 7 nitrogen and oxygen atoms in total. The van der Waals surface area contributed by atoms with E-state index in [9.17, 15) is 8.78 Å². The molecule has 0 amide bonds. The lowest BCUT2D eigenvalue weighted by Gasteiger charge is -2.52. The Morgan fingerprint density at radius 2 is 1.97 bits per heavy atom. The number of nitrogens with one attached hydrogen (secondary N) is 2. The van der Waals surface area contributed by atoms with Crippen molar-refractivity contribution in [3.05, 3.63) is 52.2 Å². The highest BCUT2D eigenvalue weighted by atomic mass is 19.1. The molecule has 0 unspecified atom stereocenters. The fourth-order valence-electron chi connectivity index (χ4n) is 4.95. The third kappa shape index (κ3) is 3.16. The summed E-state index contributed by atoms with van der Waals surface area (Å²) in [5, 5.41) is 10.5. The summed E-state index contributed by atoms with van der Waals surface area (Å²) < 4.78 is 34.6. The van der Waals surface area contributed by atoms with Gasteiger partial charge in [0, 0.05) is 43.4 Å². The van der Waals surface area contributed by atoms with E-state index >= 15 is 0 Å². The molecule has 0 bridgehead atoms. The number of halogens is 2. The van der Waals surface area contributed by atoms with Crippen LogP contribution >= 0.6 is 0 Å². The van der Waals surface area contributed by atoms with Crippen LogP contribution in [0.25, 0.3) is 11.3 Å². The number of rotatable bonds is 2. The molecule has 5 heterocycles. The molecule has 168 valence electrons. The number of anilines is 2. The summed E-state index contributed by atoms with van der Waals surface area (Å²) in [5.74, 6) is -0.735. The maximum absolute atomic E-state index is 14.6. The van der Waals surface area contributed by atoms with E-state index in [0.29, 0.717) is 28.2 Å². The molecule has 2 fully saturated rings. The highest BCUT2D eigenvalue weighted by Crippen LogP contribution is 2.46. The molecule has 2 N–H and O–H groups in total. The second kappa shape index (κ2) is 7.25. The molecule has 2 aromatic heterocycles. The van der Waals surface area contributed by atoms with Gasteiger partial charge in [0.2, 0.25) is 0 Å². The summed E-state index contributed by atoms with van der Waals surface area (Å²) >= 11 is 0. The van der Waals surface area contributed by atoms with Crippen molar-refractivity contribution in [2.75, 3.05) is 36.5 Å². The minimum Gasteiger partial charge on any atom is -0.381 e. The number of amidine groups is 1. The van der Waals surface area contributed by atoms with Crippen LogP contribution in [0.5, 0.6) is 0 Å². The minimum atomic E-state index is -0.864. The lowest BCUT2D eigenvalue weighted by molar-refractivity contribution is -0.000457. The molecule has 33 heavy (non-hydrogen) atoms. The number of aromatic amines is 1. The van der Waals surface area contributed by atoms with Crippen LogP contribution in [0.3, 0.4) is 0 Å². The van der Waals surface area contributed by atoms with Gasteiger partial charge in [0.05, 0.1) is 28.3 Å². The molecule has 0 aromatic carbocycles. The summed E-state index contributed by atoms with van der Waals surface area (Å²) in [7, 11) is 0. The van der Waals surface area contributed by atoms with Crippen molar-refractivity contribution in [3.63, 3.8) is 0 Å². The zero-order valence-corrected chi connectivity index (χ0v) is 18.4. The van der Waals surface area contributed by atoms with Crippen LogP contribution in [0.2, 0.25) is 0 Å². The van der Waals surface area contributed by atoms with Gasteiger partial charge in [-0.25, -0.2) is 14.4 Å². The predicted molar refractivity (Wildman–Crippen MR) is 121 cm³/mol.